The average Bonchev–Trinajstić information content (AvgIpc) is 3.51. The van der Waals surface area contributed by atoms with Crippen LogP contribution in [0, 0.1) is 0 Å². The SMILES string of the molecule is COc1cc2nccc(Oc3ccc(CC(=O)c4ccccc4)cc3)c2cc1OCC[C@H](N)C(=O)OC1CCCC1. The van der Waals surface area contributed by atoms with Crippen molar-refractivity contribution in [3.63, 3.8) is 0 Å². The van der Waals surface area contributed by atoms with Crippen LogP contribution in [-0.4, -0.2) is 42.6 Å². The van der Waals surface area contributed by atoms with Crippen LogP contribution in [-0.2, 0) is 16.0 Å². The van der Waals surface area contributed by atoms with Gasteiger partial charge in [0, 0.05) is 36.1 Å². The molecule has 0 saturated heterocycles. The van der Waals surface area contributed by atoms with Crippen LogP contribution in [0.4, 0.5) is 0 Å². The minimum atomic E-state index is -0.756. The van der Waals surface area contributed by atoms with E-state index in [9.17, 15) is 9.59 Å². The smallest absolute Gasteiger partial charge is 0.323 e. The molecule has 8 heteroatoms. The number of carbonyl (C=O) groups is 2. The zero-order valence-corrected chi connectivity index (χ0v) is 23.1. The lowest BCUT2D eigenvalue weighted by molar-refractivity contribution is -0.150. The van der Waals surface area contributed by atoms with Gasteiger partial charge in [-0.3, -0.25) is 14.6 Å². The number of carbonyl (C=O) groups excluding carboxylic acids is 2. The Kier molecular flexibility index (Phi) is 9.11. The molecule has 4 aromatic rings. The Morgan fingerprint density at radius 2 is 1.71 bits per heavy atom. The summed E-state index contributed by atoms with van der Waals surface area (Å²) in [6.45, 7) is 0.211. The molecule has 0 spiro atoms. The molecule has 3 aromatic carbocycles. The van der Waals surface area contributed by atoms with Crippen molar-refractivity contribution in [2.45, 2.75) is 50.7 Å². The molecule has 0 amide bonds. The second kappa shape index (κ2) is 13.3. The lowest BCUT2D eigenvalue weighted by Crippen LogP contribution is -2.35. The van der Waals surface area contributed by atoms with Gasteiger partial charge in [-0.2, -0.15) is 0 Å². The Morgan fingerprint density at radius 1 is 0.951 bits per heavy atom. The maximum absolute atomic E-state index is 12.5. The molecule has 41 heavy (non-hydrogen) atoms. The molecule has 1 atom stereocenters. The quantitative estimate of drug-likeness (QED) is 0.167. The number of hydrogen-bond donors (Lipinski definition) is 1. The Bertz CT molecular complexity index is 1480. The number of ether oxygens (including phenoxy) is 4. The van der Waals surface area contributed by atoms with Crippen molar-refractivity contribution in [3.05, 3.63) is 90.1 Å². The van der Waals surface area contributed by atoms with Gasteiger partial charge in [-0.05, 0) is 55.5 Å². The summed E-state index contributed by atoms with van der Waals surface area (Å²) >= 11 is 0. The molecule has 8 nitrogen and oxygen atoms in total. The Morgan fingerprint density at radius 3 is 2.44 bits per heavy atom. The highest BCUT2D eigenvalue weighted by atomic mass is 16.5. The number of Topliss-reactive ketones (excluding diaryl/α,β-unsaturated/α-hetero) is 1. The van der Waals surface area contributed by atoms with Crippen LogP contribution in [0.5, 0.6) is 23.0 Å². The molecule has 1 heterocycles. The van der Waals surface area contributed by atoms with Crippen LogP contribution in [0.1, 0.15) is 48.0 Å². The molecule has 0 aliphatic heterocycles. The van der Waals surface area contributed by atoms with Crippen LogP contribution >= 0.6 is 0 Å². The van der Waals surface area contributed by atoms with Crippen molar-refractivity contribution >= 4 is 22.7 Å². The largest absolute Gasteiger partial charge is 0.493 e. The molecule has 0 unspecified atom stereocenters. The minimum absolute atomic E-state index is 0.0195. The van der Waals surface area contributed by atoms with E-state index in [2.05, 4.69) is 4.98 Å². The fourth-order valence-corrected chi connectivity index (χ4v) is 4.88. The van der Waals surface area contributed by atoms with Gasteiger partial charge in [0.25, 0.3) is 0 Å². The number of ketones is 1. The molecule has 2 N–H and O–H groups in total. The number of nitrogens with two attached hydrogens (primary N) is 1. The Balaban J connectivity index is 1.24. The standard InChI is InChI=1S/C33H34N2O6/c1-38-31-21-28-26(20-32(31)39-18-16-27(34)33(37)41-24-9-5-6-10-24)30(15-17-35-28)40-25-13-11-22(12-14-25)19-29(36)23-7-3-2-4-8-23/h2-4,7-8,11-15,17,20-21,24,27H,5-6,9-10,16,18-19,34H2,1H3/t27-/m0/s1. The van der Waals surface area contributed by atoms with Crippen molar-refractivity contribution in [1.29, 1.82) is 0 Å². The zero-order valence-electron chi connectivity index (χ0n) is 23.1. The van der Waals surface area contributed by atoms with Crippen molar-refractivity contribution in [2.24, 2.45) is 5.73 Å². The van der Waals surface area contributed by atoms with E-state index in [-0.39, 0.29) is 24.5 Å². The first-order valence-corrected chi connectivity index (χ1v) is 13.9. The van der Waals surface area contributed by atoms with Crippen molar-refractivity contribution in [1.82, 2.24) is 4.98 Å². The van der Waals surface area contributed by atoms with Crippen LogP contribution in [0.3, 0.4) is 0 Å². The van der Waals surface area contributed by atoms with Crippen LogP contribution in [0.15, 0.2) is 79.0 Å². The van der Waals surface area contributed by atoms with Gasteiger partial charge in [-0.15, -0.1) is 0 Å². The predicted molar refractivity (Wildman–Crippen MR) is 156 cm³/mol. The van der Waals surface area contributed by atoms with Crippen molar-refractivity contribution in [2.75, 3.05) is 13.7 Å². The van der Waals surface area contributed by atoms with Gasteiger partial charge in [0.15, 0.2) is 17.3 Å². The second-order valence-electron chi connectivity index (χ2n) is 10.1. The van der Waals surface area contributed by atoms with Gasteiger partial charge in [0.2, 0.25) is 0 Å². The lowest BCUT2D eigenvalue weighted by Gasteiger charge is -2.17. The maximum Gasteiger partial charge on any atom is 0.323 e. The highest BCUT2D eigenvalue weighted by Gasteiger charge is 2.23. The van der Waals surface area contributed by atoms with E-state index in [1.54, 1.807) is 25.4 Å². The summed E-state index contributed by atoms with van der Waals surface area (Å²) in [5.41, 5.74) is 8.33. The number of hydrogen-bond acceptors (Lipinski definition) is 8. The van der Waals surface area contributed by atoms with Crippen molar-refractivity contribution in [3.8, 4) is 23.0 Å². The lowest BCUT2D eigenvalue weighted by atomic mass is 10.0. The van der Waals surface area contributed by atoms with E-state index in [0.717, 1.165) is 36.6 Å². The monoisotopic (exact) mass is 554 g/mol. The van der Waals surface area contributed by atoms with Crippen molar-refractivity contribution < 1.29 is 28.5 Å². The number of benzene rings is 3. The van der Waals surface area contributed by atoms with Crippen LogP contribution in [0.2, 0.25) is 0 Å². The third-order valence-electron chi connectivity index (χ3n) is 7.17. The average molecular weight is 555 g/mol. The van der Waals surface area contributed by atoms with Gasteiger partial charge >= 0.3 is 5.97 Å². The molecule has 1 aliphatic carbocycles. The summed E-state index contributed by atoms with van der Waals surface area (Å²) in [6, 6.07) is 21.3. The summed E-state index contributed by atoms with van der Waals surface area (Å²) in [7, 11) is 1.56. The molecule has 1 aromatic heterocycles. The van der Waals surface area contributed by atoms with E-state index < -0.39 is 6.04 Å². The number of pyridine rings is 1. The van der Waals surface area contributed by atoms with Gasteiger partial charge < -0.3 is 24.7 Å². The van der Waals surface area contributed by atoms with E-state index in [1.807, 2.05) is 60.7 Å². The summed E-state index contributed by atoms with van der Waals surface area (Å²) < 4.78 is 23.2. The van der Waals surface area contributed by atoms with Crippen LogP contribution in [0.25, 0.3) is 10.9 Å². The summed E-state index contributed by atoms with van der Waals surface area (Å²) in [5.74, 6) is 1.89. The highest BCUT2D eigenvalue weighted by Crippen LogP contribution is 2.37. The molecular weight excluding hydrogens is 520 g/mol. The van der Waals surface area contributed by atoms with E-state index in [4.69, 9.17) is 24.7 Å². The zero-order chi connectivity index (χ0) is 28.6. The number of methoxy groups -OCH3 is 1. The number of rotatable bonds is 12. The number of nitrogens with zero attached hydrogens (tertiary/aromatic N) is 1. The summed E-state index contributed by atoms with van der Waals surface area (Å²) in [4.78, 5) is 29.3. The minimum Gasteiger partial charge on any atom is -0.493 e. The van der Waals surface area contributed by atoms with Gasteiger partial charge in [0.1, 0.15) is 23.6 Å². The molecule has 1 saturated carbocycles. The molecular formula is C33H34N2O6. The third-order valence-corrected chi connectivity index (χ3v) is 7.17. The first-order valence-electron chi connectivity index (χ1n) is 13.9. The van der Waals surface area contributed by atoms with Gasteiger partial charge in [-0.1, -0.05) is 42.5 Å². The third kappa shape index (κ3) is 7.21. The Labute approximate surface area is 239 Å². The van der Waals surface area contributed by atoms with E-state index in [0.29, 0.717) is 46.9 Å². The molecule has 5 rings (SSSR count). The predicted octanol–water partition coefficient (Wildman–Crippen LogP) is 6.04. The maximum atomic E-state index is 12.5. The normalized spacial score (nSPS) is 14.0. The number of esters is 1. The Hall–Kier alpha value is -4.43. The topological polar surface area (TPSA) is 110 Å². The molecule has 0 radical (unpaired) electrons. The fraction of sp³-hybridized carbons (Fsp3) is 0.303. The van der Waals surface area contributed by atoms with Crippen LogP contribution < -0.4 is 19.9 Å². The van der Waals surface area contributed by atoms with E-state index in [1.165, 1.54) is 0 Å². The van der Waals surface area contributed by atoms with Gasteiger partial charge in [-0.25, -0.2) is 0 Å². The molecule has 1 fully saturated rings. The number of aromatic nitrogens is 1. The summed E-state index contributed by atoms with van der Waals surface area (Å²) in [5, 5.41) is 0.733. The fourth-order valence-electron chi connectivity index (χ4n) is 4.88. The highest BCUT2D eigenvalue weighted by molar-refractivity contribution is 5.97. The first kappa shape index (κ1) is 28.1. The van der Waals surface area contributed by atoms with Gasteiger partial charge in [0.05, 0.1) is 19.2 Å². The first-order chi connectivity index (χ1) is 20.0. The number of fused-ring (bicyclic) bond motifs is 1. The summed E-state index contributed by atoms with van der Waals surface area (Å²) in [6.07, 6.45) is 6.24. The molecule has 212 valence electrons. The molecule has 1 aliphatic rings. The molecule has 0 bridgehead atoms. The second-order valence-corrected chi connectivity index (χ2v) is 10.1. The van der Waals surface area contributed by atoms with E-state index >= 15 is 0 Å².